The number of benzene rings is 1. The van der Waals surface area contributed by atoms with E-state index in [0.29, 0.717) is 5.95 Å². The molecule has 1 amide bonds. The number of anilines is 2. The van der Waals surface area contributed by atoms with Gasteiger partial charge < -0.3 is 20.5 Å². The molecule has 1 aliphatic rings. The van der Waals surface area contributed by atoms with Crippen LogP contribution in [0.4, 0.5) is 11.6 Å². The molecule has 30 heavy (non-hydrogen) atoms. The molecule has 1 fully saturated rings. The van der Waals surface area contributed by atoms with Crippen LogP contribution in [0.25, 0.3) is 16.7 Å². The molecule has 0 bridgehead atoms. The Morgan fingerprint density at radius 2 is 2.00 bits per heavy atom. The highest BCUT2D eigenvalue weighted by Gasteiger charge is 2.25. The average molecular weight is 408 g/mol. The van der Waals surface area contributed by atoms with E-state index in [2.05, 4.69) is 48.9 Å². The molecule has 1 aromatic carbocycles. The summed E-state index contributed by atoms with van der Waals surface area (Å²) in [6.07, 6.45) is 5.68. The summed E-state index contributed by atoms with van der Waals surface area (Å²) in [7, 11) is 4.10. The zero-order valence-electron chi connectivity index (χ0n) is 17.7. The molecule has 0 saturated carbocycles. The van der Waals surface area contributed by atoms with Gasteiger partial charge in [0.25, 0.3) is 0 Å². The lowest BCUT2D eigenvalue weighted by Crippen LogP contribution is -2.48. The molecule has 1 aliphatic heterocycles. The van der Waals surface area contributed by atoms with Gasteiger partial charge in [0.2, 0.25) is 11.9 Å². The molecular formula is C22H29N7O. The van der Waals surface area contributed by atoms with Gasteiger partial charge >= 0.3 is 0 Å². The van der Waals surface area contributed by atoms with Gasteiger partial charge in [-0.05, 0) is 44.0 Å². The minimum Gasteiger partial charge on any atom is -0.377 e. The van der Waals surface area contributed by atoms with Crippen LogP contribution in [0, 0.1) is 0 Å². The molecular weight excluding hydrogens is 378 g/mol. The maximum Gasteiger partial charge on any atom is 0.234 e. The van der Waals surface area contributed by atoms with Crippen molar-refractivity contribution in [2.45, 2.75) is 31.8 Å². The number of carbonyl (C=O) groups excluding carboxylic acids is 1. The van der Waals surface area contributed by atoms with Crippen molar-refractivity contribution in [3.8, 4) is 5.82 Å². The Morgan fingerprint density at radius 1 is 1.23 bits per heavy atom. The predicted octanol–water partition coefficient (Wildman–Crippen LogP) is 2.24. The predicted molar refractivity (Wildman–Crippen MR) is 120 cm³/mol. The standard InChI is InChI=1S/C22H29N7O/c1-15(21(23)30)28-12-8-16(9-13-28)25-22-24-11-7-20(26-22)29-14-10-17-18(27(2)3)5-4-6-19(17)29/h4-7,10-11,14-16H,8-9,12-13H2,1-3H3,(H2,23,30)(H,24,25,26). The van der Waals surface area contributed by atoms with E-state index in [4.69, 9.17) is 10.7 Å². The molecule has 4 rings (SSSR count). The van der Waals surface area contributed by atoms with E-state index >= 15 is 0 Å². The van der Waals surface area contributed by atoms with Crippen LogP contribution in [0.15, 0.2) is 42.7 Å². The number of carbonyl (C=O) groups is 1. The summed E-state index contributed by atoms with van der Waals surface area (Å²) in [6.45, 7) is 3.53. The molecule has 3 heterocycles. The monoisotopic (exact) mass is 407 g/mol. The van der Waals surface area contributed by atoms with Crippen molar-refractivity contribution in [3.63, 3.8) is 0 Å². The van der Waals surface area contributed by atoms with Gasteiger partial charge in [0.1, 0.15) is 5.82 Å². The minimum absolute atomic E-state index is 0.223. The molecule has 3 aromatic rings. The van der Waals surface area contributed by atoms with Crippen LogP contribution in [0.5, 0.6) is 0 Å². The Labute approximate surface area is 176 Å². The fourth-order valence-corrected chi connectivity index (χ4v) is 4.09. The van der Waals surface area contributed by atoms with E-state index in [0.717, 1.165) is 37.3 Å². The van der Waals surface area contributed by atoms with E-state index < -0.39 is 0 Å². The molecule has 158 valence electrons. The van der Waals surface area contributed by atoms with Gasteiger partial charge in [-0.2, -0.15) is 4.98 Å². The van der Waals surface area contributed by atoms with Gasteiger partial charge in [-0.3, -0.25) is 9.69 Å². The molecule has 8 nitrogen and oxygen atoms in total. The first-order chi connectivity index (χ1) is 14.4. The lowest BCUT2D eigenvalue weighted by molar-refractivity contribution is -0.123. The van der Waals surface area contributed by atoms with E-state index in [1.165, 1.54) is 11.1 Å². The Balaban J connectivity index is 1.50. The number of fused-ring (bicyclic) bond motifs is 1. The molecule has 2 aromatic heterocycles. The molecule has 1 saturated heterocycles. The first-order valence-corrected chi connectivity index (χ1v) is 10.3. The second-order valence-corrected chi connectivity index (χ2v) is 8.06. The average Bonchev–Trinajstić information content (AvgIpc) is 3.18. The van der Waals surface area contributed by atoms with Crippen LogP contribution in [0.3, 0.4) is 0 Å². The van der Waals surface area contributed by atoms with Crippen molar-refractivity contribution >= 4 is 28.4 Å². The molecule has 1 atom stereocenters. The third kappa shape index (κ3) is 3.95. The highest BCUT2D eigenvalue weighted by molar-refractivity contribution is 5.93. The zero-order chi connectivity index (χ0) is 21.3. The van der Waals surface area contributed by atoms with Crippen molar-refractivity contribution in [1.82, 2.24) is 19.4 Å². The maximum absolute atomic E-state index is 11.4. The largest absolute Gasteiger partial charge is 0.377 e. The third-order valence-electron chi connectivity index (χ3n) is 5.90. The Hall–Kier alpha value is -3.13. The Bertz CT molecular complexity index is 1040. The van der Waals surface area contributed by atoms with Gasteiger partial charge in [-0.1, -0.05) is 6.07 Å². The van der Waals surface area contributed by atoms with Crippen LogP contribution in [-0.2, 0) is 4.79 Å². The number of primary amides is 1. The van der Waals surface area contributed by atoms with Gasteiger partial charge in [-0.25, -0.2) is 4.98 Å². The highest BCUT2D eigenvalue weighted by atomic mass is 16.1. The number of nitrogens with one attached hydrogen (secondary N) is 1. The number of likely N-dealkylation sites (tertiary alicyclic amines) is 1. The fraction of sp³-hybridized carbons (Fsp3) is 0.409. The first kappa shape index (κ1) is 20.2. The summed E-state index contributed by atoms with van der Waals surface area (Å²) in [5.41, 5.74) is 7.72. The van der Waals surface area contributed by atoms with Crippen molar-refractivity contribution in [2.24, 2.45) is 5.73 Å². The number of hydrogen-bond donors (Lipinski definition) is 2. The summed E-state index contributed by atoms with van der Waals surface area (Å²) >= 11 is 0. The van der Waals surface area contributed by atoms with E-state index in [9.17, 15) is 4.79 Å². The molecule has 3 N–H and O–H groups in total. The van der Waals surface area contributed by atoms with Gasteiger partial charge in [-0.15, -0.1) is 0 Å². The van der Waals surface area contributed by atoms with E-state index in [-0.39, 0.29) is 18.0 Å². The second-order valence-electron chi connectivity index (χ2n) is 8.06. The molecule has 0 aliphatic carbocycles. The van der Waals surface area contributed by atoms with Crippen LogP contribution < -0.4 is 16.0 Å². The second kappa shape index (κ2) is 8.31. The molecule has 1 unspecified atom stereocenters. The van der Waals surface area contributed by atoms with Crippen molar-refractivity contribution in [1.29, 1.82) is 0 Å². The normalized spacial score (nSPS) is 16.5. The Kier molecular flexibility index (Phi) is 5.59. The van der Waals surface area contributed by atoms with Gasteiger partial charge in [0.05, 0.1) is 11.6 Å². The number of amides is 1. The number of aromatic nitrogens is 3. The topological polar surface area (TPSA) is 92.3 Å². The summed E-state index contributed by atoms with van der Waals surface area (Å²) < 4.78 is 2.09. The molecule has 8 heteroatoms. The van der Waals surface area contributed by atoms with Crippen LogP contribution in [0.2, 0.25) is 0 Å². The van der Waals surface area contributed by atoms with E-state index in [1.54, 1.807) is 6.20 Å². The maximum atomic E-state index is 11.4. The number of hydrogen-bond acceptors (Lipinski definition) is 6. The van der Waals surface area contributed by atoms with Crippen LogP contribution in [-0.4, -0.2) is 64.6 Å². The Morgan fingerprint density at radius 3 is 2.70 bits per heavy atom. The van der Waals surface area contributed by atoms with E-state index in [1.807, 2.05) is 33.3 Å². The summed E-state index contributed by atoms with van der Waals surface area (Å²) in [5, 5.41) is 4.65. The molecule has 0 radical (unpaired) electrons. The third-order valence-corrected chi connectivity index (χ3v) is 5.90. The lowest BCUT2D eigenvalue weighted by atomic mass is 10.0. The smallest absolute Gasteiger partial charge is 0.234 e. The van der Waals surface area contributed by atoms with Crippen molar-refractivity contribution < 1.29 is 4.79 Å². The van der Waals surface area contributed by atoms with Crippen molar-refractivity contribution in [2.75, 3.05) is 37.4 Å². The molecule has 0 spiro atoms. The summed E-state index contributed by atoms with van der Waals surface area (Å²) in [5.74, 6) is 1.19. The first-order valence-electron chi connectivity index (χ1n) is 10.3. The number of piperidine rings is 1. The number of nitrogens with zero attached hydrogens (tertiary/aromatic N) is 5. The van der Waals surface area contributed by atoms with Gasteiger partial charge in [0, 0.05) is 56.7 Å². The zero-order valence-corrected chi connectivity index (χ0v) is 17.7. The SMILES string of the molecule is CC(C(N)=O)N1CCC(Nc2nccc(-n3ccc4c(N(C)C)cccc43)n2)CC1. The fourth-order valence-electron chi connectivity index (χ4n) is 4.09. The lowest BCUT2D eigenvalue weighted by Gasteiger charge is -2.34. The number of nitrogens with two attached hydrogens (primary N) is 1. The summed E-state index contributed by atoms with van der Waals surface area (Å²) in [6, 6.07) is 10.4. The minimum atomic E-state index is -0.270. The van der Waals surface area contributed by atoms with Crippen molar-refractivity contribution in [3.05, 3.63) is 42.7 Å². The highest BCUT2D eigenvalue weighted by Crippen LogP contribution is 2.28. The van der Waals surface area contributed by atoms with Gasteiger partial charge in [0.15, 0.2) is 0 Å². The van der Waals surface area contributed by atoms with Crippen LogP contribution in [0.1, 0.15) is 19.8 Å². The quantitative estimate of drug-likeness (QED) is 0.651. The number of rotatable bonds is 6. The summed E-state index contributed by atoms with van der Waals surface area (Å²) in [4.78, 5) is 24.8. The van der Waals surface area contributed by atoms with Crippen LogP contribution >= 0.6 is 0 Å².